The van der Waals surface area contributed by atoms with Gasteiger partial charge in [-0.05, 0) is 38.1 Å². The van der Waals surface area contributed by atoms with Gasteiger partial charge in [-0.3, -0.25) is 4.79 Å². The van der Waals surface area contributed by atoms with Gasteiger partial charge in [0.2, 0.25) is 0 Å². The molecule has 162 valence electrons. The molecule has 0 aliphatic rings. The first-order valence-electron chi connectivity index (χ1n) is 9.82. The van der Waals surface area contributed by atoms with E-state index in [0.29, 0.717) is 28.5 Å². The minimum Gasteiger partial charge on any atom is -0.493 e. The average molecular weight is 423 g/mol. The van der Waals surface area contributed by atoms with Crippen LogP contribution in [0.4, 0.5) is 0 Å². The molecular weight excluding hydrogens is 398 g/mol. The van der Waals surface area contributed by atoms with Crippen molar-refractivity contribution in [2.24, 2.45) is 0 Å². The molecule has 0 atom stereocenters. The van der Waals surface area contributed by atoms with Crippen molar-refractivity contribution in [3.63, 3.8) is 0 Å². The molecule has 0 aliphatic carbocycles. The highest BCUT2D eigenvalue weighted by Crippen LogP contribution is 2.25. The topological polar surface area (TPSA) is 91.7 Å². The van der Waals surface area contributed by atoms with E-state index in [1.807, 2.05) is 42.5 Å². The van der Waals surface area contributed by atoms with Crippen LogP contribution >= 0.6 is 0 Å². The quantitative estimate of drug-likeness (QED) is 0.420. The molecule has 2 aromatic carbocycles. The number of nitrogens with zero attached hydrogens (tertiary/aromatic N) is 2. The molecule has 1 amide bonds. The molecule has 1 aromatic heterocycles. The highest BCUT2D eigenvalue weighted by molar-refractivity contribution is 5.93. The summed E-state index contributed by atoms with van der Waals surface area (Å²) in [4.78, 5) is 24.5. The molecule has 0 saturated carbocycles. The second-order valence-corrected chi connectivity index (χ2v) is 6.72. The summed E-state index contributed by atoms with van der Waals surface area (Å²) in [6, 6.07) is 16.7. The fourth-order valence-electron chi connectivity index (χ4n) is 3.10. The lowest BCUT2D eigenvalue weighted by molar-refractivity contribution is -0.124. The van der Waals surface area contributed by atoms with Crippen LogP contribution in [0.1, 0.15) is 21.7 Å². The van der Waals surface area contributed by atoms with Crippen LogP contribution in [0, 0.1) is 13.8 Å². The normalized spacial score (nSPS) is 10.4. The predicted molar refractivity (Wildman–Crippen MR) is 115 cm³/mol. The van der Waals surface area contributed by atoms with Crippen LogP contribution in [0.15, 0.2) is 54.6 Å². The Labute approximate surface area is 180 Å². The van der Waals surface area contributed by atoms with Crippen molar-refractivity contribution >= 4 is 11.9 Å². The largest absolute Gasteiger partial charge is 0.493 e. The SMILES string of the molecule is COc1ccccc1OCCNC(=O)COC(=O)c1c(C)nn(-c2ccccc2)c1C. The average Bonchev–Trinajstić information content (AvgIpc) is 3.09. The number of methoxy groups -OCH3 is 1. The summed E-state index contributed by atoms with van der Waals surface area (Å²) in [5, 5.41) is 7.08. The van der Waals surface area contributed by atoms with Crippen LogP contribution in [0.5, 0.6) is 11.5 Å². The second kappa shape index (κ2) is 10.3. The third-order valence-corrected chi connectivity index (χ3v) is 4.58. The number of aryl methyl sites for hydroxylation is 1. The third-order valence-electron chi connectivity index (χ3n) is 4.58. The first-order valence-corrected chi connectivity index (χ1v) is 9.82. The molecule has 1 heterocycles. The van der Waals surface area contributed by atoms with E-state index in [1.165, 1.54) is 0 Å². The Bertz CT molecular complexity index is 1050. The van der Waals surface area contributed by atoms with Crippen LogP contribution < -0.4 is 14.8 Å². The van der Waals surface area contributed by atoms with Crippen LogP contribution in [0.2, 0.25) is 0 Å². The number of aromatic nitrogens is 2. The van der Waals surface area contributed by atoms with Crippen molar-refractivity contribution in [3.05, 3.63) is 71.5 Å². The Morgan fingerprint density at radius 1 is 1.00 bits per heavy atom. The summed E-state index contributed by atoms with van der Waals surface area (Å²) in [7, 11) is 1.56. The van der Waals surface area contributed by atoms with E-state index in [0.717, 1.165) is 5.69 Å². The lowest BCUT2D eigenvalue weighted by Gasteiger charge is -2.11. The number of para-hydroxylation sites is 3. The smallest absolute Gasteiger partial charge is 0.342 e. The van der Waals surface area contributed by atoms with Crippen molar-refractivity contribution < 1.29 is 23.8 Å². The number of ether oxygens (including phenoxy) is 3. The minimum atomic E-state index is -0.586. The number of carbonyl (C=O) groups excluding carboxylic acids is 2. The van der Waals surface area contributed by atoms with Crippen LogP contribution in [-0.2, 0) is 9.53 Å². The molecule has 0 fully saturated rings. The lowest BCUT2D eigenvalue weighted by atomic mass is 10.2. The second-order valence-electron chi connectivity index (χ2n) is 6.72. The van der Waals surface area contributed by atoms with Gasteiger partial charge in [-0.15, -0.1) is 0 Å². The number of benzene rings is 2. The van der Waals surface area contributed by atoms with Gasteiger partial charge in [-0.2, -0.15) is 5.10 Å². The summed E-state index contributed by atoms with van der Waals surface area (Å²) in [5.74, 6) is 0.205. The minimum absolute atomic E-state index is 0.252. The Hall–Kier alpha value is -3.81. The third kappa shape index (κ3) is 5.42. The summed E-state index contributed by atoms with van der Waals surface area (Å²) in [6.45, 7) is 3.65. The number of hydrogen-bond donors (Lipinski definition) is 1. The molecule has 0 unspecified atom stereocenters. The molecule has 3 rings (SSSR count). The molecule has 0 saturated heterocycles. The van der Waals surface area contributed by atoms with E-state index in [9.17, 15) is 9.59 Å². The van der Waals surface area contributed by atoms with Gasteiger partial charge in [0.1, 0.15) is 12.2 Å². The molecule has 0 aliphatic heterocycles. The van der Waals surface area contributed by atoms with Gasteiger partial charge in [0.15, 0.2) is 18.1 Å². The van der Waals surface area contributed by atoms with Gasteiger partial charge in [-0.25, -0.2) is 9.48 Å². The summed E-state index contributed by atoms with van der Waals surface area (Å²) >= 11 is 0. The number of hydrogen-bond acceptors (Lipinski definition) is 6. The van der Waals surface area contributed by atoms with Gasteiger partial charge in [0, 0.05) is 0 Å². The maximum atomic E-state index is 12.5. The molecular formula is C23H25N3O5. The standard InChI is InChI=1S/C23H25N3O5/c1-16-22(17(2)26(25-16)18-9-5-4-6-10-18)23(28)31-15-21(27)24-13-14-30-20-12-8-7-11-19(20)29-3/h4-12H,13-15H2,1-3H3,(H,24,27). The van der Waals surface area contributed by atoms with Crippen molar-refractivity contribution in [2.45, 2.75) is 13.8 Å². The molecule has 1 N–H and O–H groups in total. The highest BCUT2D eigenvalue weighted by Gasteiger charge is 2.21. The zero-order valence-corrected chi connectivity index (χ0v) is 17.8. The van der Waals surface area contributed by atoms with Gasteiger partial charge in [0.05, 0.1) is 30.7 Å². The number of amides is 1. The van der Waals surface area contributed by atoms with Crippen molar-refractivity contribution in [1.82, 2.24) is 15.1 Å². The first kappa shape index (κ1) is 21.9. The molecule has 0 spiro atoms. The van der Waals surface area contributed by atoms with Crippen molar-refractivity contribution in [3.8, 4) is 17.2 Å². The van der Waals surface area contributed by atoms with Crippen molar-refractivity contribution in [1.29, 1.82) is 0 Å². The van der Waals surface area contributed by atoms with Gasteiger partial charge >= 0.3 is 5.97 Å². The Balaban J connectivity index is 1.48. The van der Waals surface area contributed by atoms with E-state index in [4.69, 9.17) is 14.2 Å². The zero-order chi connectivity index (χ0) is 22.2. The summed E-state index contributed by atoms with van der Waals surface area (Å²) in [6.07, 6.45) is 0. The van der Waals surface area contributed by atoms with Crippen LogP contribution in [0.25, 0.3) is 5.69 Å². The van der Waals surface area contributed by atoms with Gasteiger partial charge in [-0.1, -0.05) is 30.3 Å². The fraction of sp³-hybridized carbons (Fsp3) is 0.261. The maximum absolute atomic E-state index is 12.5. The van der Waals surface area contributed by atoms with E-state index in [-0.39, 0.29) is 19.8 Å². The van der Waals surface area contributed by atoms with Crippen LogP contribution in [-0.4, -0.2) is 48.5 Å². The maximum Gasteiger partial charge on any atom is 0.342 e. The van der Waals surface area contributed by atoms with E-state index >= 15 is 0 Å². The fourth-order valence-corrected chi connectivity index (χ4v) is 3.10. The Morgan fingerprint density at radius 2 is 1.68 bits per heavy atom. The number of nitrogens with one attached hydrogen (secondary N) is 1. The first-order chi connectivity index (χ1) is 15.0. The van der Waals surface area contributed by atoms with Gasteiger partial charge in [0.25, 0.3) is 5.91 Å². The highest BCUT2D eigenvalue weighted by atomic mass is 16.5. The molecule has 31 heavy (non-hydrogen) atoms. The predicted octanol–water partition coefficient (Wildman–Crippen LogP) is 2.85. The van der Waals surface area contributed by atoms with E-state index < -0.39 is 11.9 Å². The Morgan fingerprint density at radius 3 is 2.39 bits per heavy atom. The monoisotopic (exact) mass is 423 g/mol. The molecule has 8 nitrogen and oxygen atoms in total. The molecule has 0 radical (unpaired) electrons. The zero-order valence-electron chi connectivity index (χ0n) is 17.8. The molecule has 3 aromatic rings. The number of rotatable bonds is 9. The van der Waals surface area contributed by atoms with E-state index in [1.54, 1.807) is 37.8 Å². The van der Waals surface area contributed by atoms with E-state index in [2.05, 4.69) is 10.4 Å². The molecule has 0 bridgehead atoms. The van der Waals surface area contributed by atoms with Crippen LogP contribution in [0.3, 0.4) is 0 Å². The number of esters is 1. The molecule has 8 heteroatoms. The number of carbonyl (C=O) groups is 2. The lowest BCUT2D eigenvalue weighted by Crippen LogP contribution is -2.32. The Kier molecular flexibility index (Phi) is 7.26. The van der Waals surface area contributed by atoms with Gasteiger partial charge < -0.3 is 19.5 Å². The summed E-state index contributed by atoms with van der Waals surface area (Å²) < 4.78 is 17.7. The summed E-state index contributed by atoms with van der Waals surface area (Å²) in [5.41, 5.74) is 2.39. The van der Waals surface area contributed by atoms with Crippen molar-refractivity contribution in [2.75, 3.05) is 26.9 Å².